The number of likely N-dealkylation sites (tertiary alicyclic amines) is 1. The summed E-state index contributed by atoms with van der Waals surface area (Å²) < 4.78 is 4.15. The fraction of sp³-hybridized carbons (Fsp3) is 0.714. The maximum atomic E-state index is 6.15. The summed E-state index contributed by atoms with van der Waals surface area (Å²) in [5.74, 6) is 0.613. The molecule has 20 heavy (non-hydrogen) atoms. The Hall–Kier alpha value is -1.56. The molecule has 1 atom stereocenters. The van der Waals surface area contributed by atoms with Gasteiger partial charge in [0.15, 0.2) is 5.65 Å². The van der Waals surface area contributed by atoms with Crippen LogP contribution in [-0.2, 0) is 13.1 Å². The van der Waals surface area contributed by atoms with E-state index in [-0.39, 0.29) is 0 Å². The summed E-state index contributed by atoms with van der Waals surface area (Å²) in [5, 5.41) is 4.55. The first-order valence-corrected chi connectivity index (χ1v) is 7.51. The zero-order valence-corrected chi connectivity index (χ0v) is 12.6. The smallest absolute Gasteiger partial charge is 0.202 e. The molecular formula is C14H24N6. The van der Waals surface area contributed by atoms with Crippen LogP contribution < -0.4 is 5.73 Å². The summed E-state index contributed by atoms with van der Waals surface area (Å²) in [6.45, 7) is 7.03. The van der Waals surface area contributed by atoms with E-state index in [1.54, 1.807) is 0 Å². The number of nitrogens with zero attached hydrogens (tertiary/aromatic N) is 5. The molecule has 0 amide bonds. The van der Waals surface area contributed by atoms with Crippen LogP contribution in [0.2, 0.25) is 0 Å². The Bertz CT molecular complexity index is 611. The molecule has 0 spiro atoms. The zero-order valence-electron chi connectivity index (χ0n) is 12.6. The summed E-state index contributed by atoms with van der Waals surface area (Å²) in [6.07, 6.45) is 3.83. The minimum Gasteiger partial charge on any atom is -0.369 e. The molecule has 1 aliphatic rings. The predicted molar refractivity (Wildman–Crippen MR) is 80.6 cm³/mol. The number of nitrogen functional groups attached to an aromatic ring is 1. The molecule has 6 heteroatoms. The fourth-order valence-corrected chi connectivity index (χ4v) is 3.23. The van der Waals surface area contributed by atoms with Gasteiger partial charge in [-0.25, -0.2) is 9.67 Å². The molecule has 0 bridgehead atoms. The number of fused-ring (bicyclic) bond motifs is 1. The van der Waals surface area contributed by atoms with Crippen molar-refractivity contribution in [3.8, 4) is 0 Å². The Morgan fingerprint density at radius 3 is 2.85 bits per heavy atom. The van der Waals surface area contributed by atoms with Crippen LogP contribution in [0.4, 0.5) is 5.95 Å². The van der Waals surface area contributed by atoms with Gasteiger partial charge < -0.3 is 10.6 Å². The van der Waals surface area contributed by atoms with Gasteiger partial charge in [0.05, 0.1) is 5.69 Å². The lowest BCUT2D eigenvalue weighted by Gasteiger charge is -2.32. The van der Waals surface area contributed by atoms with Crippen molar-refractivity contribution < 1.29 is 0 Å². The van der Waals surface area contributed by atoms with Crippen LogP contribution in [0.15, 0.2) is 0 Å². The molecule has 0 saturated carbocycles. The second kappa shape index (κ2) is 5.09. The van der Waals surface area contributed by atoms with Crippen LogP contribution in [-0.4, -0.2) is 43.9 Å². The molecule has 2 aromatic heterocycles. The fourth-order valence-electron chi connectivity index (χ4n) is 3.23. The Morgan fingerprint density at radius 2 is 2.15 bits per heavy atom. The van der Waals surface area contributed by atoms with Crippen LogP contribution in [0.1, 0.15) is 31.9 Å². The van der Waals surface area contributed by atoms with E-state index in [2.05, 4.69) is 33.5 Å². The van der Waals surface area contributed by atoms with Crippen molar-refractivity contribution in [2.45, 2.75) is 52.2 Å². The van der Waals surface area contributed by atoms with Gasteiger partial charge in [-0.15, -0.1) is 0 Å². The lowest BCUT2D eigenvalue weighted by atomic mass is 10.0. The third-order valence-electron chi connectivity index (χ3n) is 4.44. The van der Waals surface area contributed by atoms with Crippen molar-refractivity contribution in [1.29, 1.82) is 0 Å². The van der Waals surface area contributed by atoms with Gasteiger partial charge in [0, 0.05) is 19.1 Å². The van der Waals surface area contributed by atoms with Crippen molar-refractivity contribution in [2.24, 2.45) is 0 Å². The molecule has 3 rings (SSSR count). The molecule has 110 valence electrons. The summed E-state index contributed by atoms with van der Waals surface area (Å²) in [7, 11) is 2.20. The van der Waals surface area contributed by atoms with Gasteiger partial charge in [-0.1, -0.05) is 6.42 Å². The number of nitrogens with two attached hydrogens (primary N) is 1. The minimum atomic E-state index is 0.545. The van der Waals surface area contributed by atoms with Gasteiger partial charge in [-0.3, -0.25) is 4.57 Å². The first-order chi connectivity index (χ1) is 9.61. The first-order valence-electron chi connectivity index (χ1n) is 7.51. The van der Waals surface area contributed by atoms with E-state index in [1.165, 1.54) is 25.8 Å². The summed E-state index contributed by atoms with van der Waals surface area (Å²) >= 11 is 0. The highest BCUT2D eigenvalue weighted by Crippen LogP contribution is 2.24. The van der Waals surface area contributed by atoms with E-state index in [9.17, 15) is 0 Å². The zero-order chi connectivity index (χ0) is 14.3. The average Bonchev–Trinajstić information content (AvgIpc) is 2.91. The van der Waals surface area contributed by atoms with Crippen LogP contribution in [0.25, 0.3) is 11.2 Å². The highest BCUT2D eigenvalue weighted by atomic mass is 15.4. The van der Waals surface area contributed by atoms with Crippen molar-refractivity contribution in [3.63, 3.8) is 0 Å². The van der Waals surface area contributed by atoms with E-state index in [0.29, 0.717) is 12.0 Å². The van der Waals surface area contributed by atoms with Gasteiger partial charge in [0.25, 0.3) is 0 Å². The third-order valence-corrected chi connectivity index (χ3v) is 4.44. The predicted octanol–water partition coefficient (Wildman–Crippen LogP) is 1.63. The Morgan fingerprint density at radius 1 is 1.35 bits per heavy atom. The molecule has 1 saturated heterocycles. The Labute approximate surface area is 119 Å². The third kappa shape index (κ3) is 2.08. The van der Waals surface area contributed by atoms with Crippen LogP contribution >= 0.6 is 0 Å². The number of hydrogen-bond donors (Lipinski definition) is 1. The van der Waals surface area contributed by atoms with Crippen molar-refractivity contribution in [2.75, 3.05) is 19.3 Å². The largest absolute Gasteiger partial charge is 0.369 e. The summed E-state index contributed by atoms with van der Waals surface area (Å²) in [5.41, 5.74) is 9.13. The molecule has 2 aromatic rings. The van der Waals surface area contributed by atoms with Gasteiger partial charge in [-0.05, 0) is 40.3 Å². The number of imidazole rings is 1. The van der Waals surface area contributed by atoms with E-state index in [0.717, 1.165) is 29.9 Å². The molecule has 3 heterocycles. The quantitative estimate of drug-likeness (QED) is 0.925. The molecule has 2 N–H and O–H groups in total. The summed E-state index contributed by atoms with van der Waals surface area (Å²) in [4.78, 5) is 6.95. The molecule has 1 aliphatic heterocycles. The molecular weight excluding hydrogens is 252 g/mol. The first kappa shape index (κ1) is 13.4. The number of rotatable bonds is 3. The monoisotopic (exact) mass is 276 g/mol. The standard InChI is InChI=1S/C14H24N6/c1-4-20-13-12(10(2)17-20)16-14(15)19(13)9-11-7-5-6-8-18(11)3/h11H,4-9H2,1-3H3,(H2,15,16). The SMILES string of the molecule is CCn1nc(C)c2nc(N)n(CC3CCCCN3C)c21. The Kier molecular flexibility index (Phi) is 3.41. The minimum absolute atomic E-state index is 0.545. The molecule has 0 aromatic carbocycles. The number of aryl methyl sites for hydroxylation is 2. The molecule has 6 nitrogen and oxygen atoms in total. The van der Waals surface area contributed by atoms with Crippen molar-refractivity contribution in [1.82, 2.24) is 24.2 Å². The van der Waals surface area contributed by atoms with E-state index < -0.39 is 0 Å². The molecule has 1 fully saturated rings. The molecule has 0 radical (unpaired) electrons. The van der Waals surface area contributed by atoms with Gasteiger partial charge in [0.1, 0.15) is 5.52 Å². The lowest BCUT2D eigenvalue weighted by molar-refractivity contribution is 0.169. The van der Waals surface area contributed by atoms with Gasteiger partial charge in [0.2, 0.25) is 5.95 Å². The topological polar surface area (TPSA) is 64.9 Å². The normalized spacial score (nSPS) is 20.9. The number of likely N-dealkylation sites (N-methyl/N-ethyl adjacent to an activating group) is 1. The average molecular weight is 276 g/mol. The van der Waals surface area contributed by atoms with Gasteiger partial charge in [-0.2, -0.15) is 5.10 Å². The lowest BCUT2D eigenvalue weighted by Crippen LogP contribution is -2.39. The van der Waals surface area contributed by atoms with Crippen molar-refractivity contribution in [3.05, 3.63) is 5.69 Å². The highest BCUT2D eigenvalue weighted by Gasteiger charge is 2.23. The maximum Gasteiger partial charge on any atom is 0.202 e. The van der Waals surface area contributed by atoms with Crippen LogP contribution in [0, 0.1) is 6.92 Å². The van der Waals surface area contributed by atoms with Crippen LogP contribution in [0.3, 0.4) is 0 Å². The summed E-state index contributed by atoms with van der Waals surface area (Å²) in [6, 6.07) is 0.545. The Balaban J connectivity index is 1.99. The second-order valence-corrected chi connectivity index (χ2v) is 5.78. The van der Waals surface area contributed by atoms with E-state index in [1.807, 2.05) is 11.6 Å². The number of hydrogen-bond acceptors (Lipinski definition) is 4. The van der Waals surface area contributed by atoms with Crippen LogP contribution in [0.5, 0.6) is 0 Å². The molecule has 1 unspecified atom stereocenters. The number of anilines is 1. The van der Waals surface area contributed by atoms with E-state index >= 15 is 0 Å². The highest BCUT2D eigenvalue weighted by molar-refractivity contribution is 5.77. The number of piperidine rings is 1. The number of aromatic nitrogens is 4. The van der Waals surface area contributed by atoms with Crippen molar-refractivity contribution >= 4 is 17.1 Å². The van der Waals surface area contributed by atoms with E-state index in [4.69, 9.17) is 5.73 Å². The molecule has 0 aliphatic carbocycles. The second-order valence-electron chi connectivity index (χ2n) is 5.78. The van der Waals surface area contributed by atoms with Gasteiger partial charge >= 0.3 is 0 Å². The maximum absolute atomic E-state index is 6.15.